The molecular weight excluding hydrogens is 323 g/mol. The Balaban J connectivity index is 0.00000220. The number of fused-ring (bicyclic) bond motifs is 1. The van der Waals surface area contributed by atoms with Crippen molar-refractivity contribution in [2.24, 2.45) is 5.73 Å². The molecule has 1 aromatic carbocycles. The van der Waals surface area contributed by atoms with E-state index in [-0.39, 0.29) is 36.8 Å². The van der Waals surface area contributed by atoms with Gasteiger partial charge in [-0.3, -0.25) is 4.79 Å². The Bertz CT molecular complexity index is 571. The summed E-state index contributed by atoms with van der Waals surface area (Å²) in [4.78, 5) is 15.9. The molecule has 0 aliphatic heterocycles. The minimum Gasteiger partial charge on any atom is -0.356 e. The summed E-state index contributed by atoms with van der Waals surface area (Å²) >= 11 is 0. The van der Waals surface area contributed by atoms with Gasteiger partial charge in [-0.25, -0.2) is 4.98 Å². The van der Waals surface area contributed by atoms with Gasteiger partial charge in [-0.2, -0.15) is 0 Å². The van der Waals surface area contributed by atoms with Crippen LogP contribution in [0.4, 0.5) is 0 Å². The number of carbonyl (C=O) groups excluding carboxylic acids is 1. The van der Waals surface area contributed by atoms with Crippen molar-refractivity contribution in [3.8, 4) is 0 Å². The van der Waals surface area contributed by atoms with E-state index in [1.54, 1.807) is 0 Å². The topological polar surface area (TPSA) is 72.9 Å². The Hall–Kier alpha value is -1.30. The van der Waals surface area contributed by atoms with Crippen LogP contribution in [0.5, 0.6) is 0 Å². The number of nitrogens with zero attached hydrogens (tertiary/aromatic N) is 2. The molecule has 0 aliphatic rings. The molecule has 0 bridgehead atoms. The average Bonchev–Trinajstić information content (AvgIpc) is 2.85. The number of aromatic nitrogens is 2. The molecule has 1 aromatic heterocycles. The molecule has 22 heavy (non-hydrogen) atoms. The molecule has 1 amide bonds. The molecule has 1 heterocycles. The Kier molecular flexibility index (Phi) is 9.81. The summed E-state index contributed by atoms with van der Waals surface area (Å²) < 4.78 is 2.11. The zero-order chi connectivity index (χ0) is 14.4. The quantitative estimate of drug-likeness (QED) is 0.756. The van der Waals surface area contributed by atoms with E-state index in [0.717, 1.165) is 30.4 Å². The van der Waals surface area contributed by atoms with Crippen molar-refractivity contribution in [2.45, 2.75) is 38.8 Å². The largest absolute Gasteiger partial charge is 0.356 e. The van der Waals surface area contributed by atoms with Gasteiger partial charge in [0.05, 0.1) is 17.4 Å². The molecule has 1 atom stereocenters. The smallest absolute Gasteiger partial charge is 0.220 e. The summed E-state index contributed by atoms with van der Waals surface area (Å²) in [5.74, 6) is 0.0813. The Morgan fingerprint density at radius 3 is 2.82 bits per heavy atom. The highest BCUT2D eigenvalue weighted by molar-refractivity contribution is 5.85. The van der Waals surface area contributed by atoms with E-state index >= 15 is 0 Å². The van der Waals surface area contributed by atoms with E-state index in [9.17, 15) is 4.79 Å². The van der Waals surface area contributed by atoms with E-state index < -0.39 is 0 Å². The first-order valence-electron chi connectivity index (χ1n) is 7.09. The number of halogens is 2. The van der Waals surface area contributed by atoms with Crippen LogP contribution in [-0.4, -0.2) is 28.0 Å². The van der Waals surface area contributed by atoms with Crippen LogP contribution in [0.1, 0.15) is 26.2 Å². The molecule has 2 rings (SSSR count). The standard InChI is InChI=1S/C15H22N4O.2ClH/c1-12(16)7-8-15(20)17-9-4-10-19-11-18-13-5-2-3-6-14(13)19;;/h2-3,5-6,11-12H,4,7-10,16H2,1H3,(H,17,20);2*1H. The predicted octanol–water partition coefficient (Wildman–Crippen LogP) is 2.51. The van der Waals surface area contributed by atoms with Crippen LogP contribution in [-0.2, 0) is 11.3 Å². The lowest BCUT2D eigenvalue weighted by Gasteiger charge is -2.07. The van der Waals surface area contributed by atoms with E-state index in [0.29, 0.717) is 13.0 Å². The first-order valence-corrected chi connectivity index (χ1v) is 7.09. The number of rotatable bonds is 7. The van der Waals surface area contributed by atoms with Crippen LogP contribution in [0.15, 0.2) is 30.6 Å². The van der Waals surface area contributed by atoms with Crippen LogP contribution < -0.4 is 11.1 Å². The number of hydrogen-bond donors (Lipinski definition) is 2. The summed E-state index contributed by atoms with van der Waals surface area (Å²) in [6.07, 6.45) is 3.98. The third kappa shape index (κ3) is 6.22. The van der Waals surface area contributed by atoms with Crippen LogP contribution in [0.3, 0.4) is 0 Å². The second kappa shape index (κ2) is 10.4. The van der Waals surface area contributed by atoms with Gasteiger partial charge in [0.1, 0.15) is 0 Å². The maximum absolute atomic E-state index is 11.5. The normalized spacial score (nSPS) is 11.4. The maximum Gasteiger partial charge on any atom is 0.220 e. The number of nitrogens with two attached hydrogens (primary N) is 1. The number of aryl methyl sites for hydroxylation is 1. The van der Waals surface area contributed by atoms with Gasteiger partial charge in [0.25, 0.3) is 0 Å². The predicted molar refractivity (Wildman–Crippen MR) is 94.7 cm³/mol. The first-order chi connectivity index (χ1) is 9.66. The fourth-order valence-electron chi connectivity index (χ4n) is 2.11. The molecule has 0 spiro atoms. The molecule has 0 fully saturated rings. The van der Waals surface area contributed by atoms with Crippen molar-refractivity contribution in [3.63, 3.8) is 0 Å². The highest BCUT2D eigenvalue weighted by Gasteiger charge is 2.04. The molecule has 7 heteroatoms. The summed E-state index contributed by atoms with van der Waals surface area (Å²) in [6.45, 7) is 3.45. The van der Waals surface area contributed by atoms with Crippen molar-refractivity contribution in [3.05, 3.63) is 30.6 Å². The second-order valence-electron chi connectivity index (χ2n) is 5.15. The summed E-state index contributed by atoms with van der Waals surface area (Å²) in [6, 6.07) is 8.14. The lowest BCUT2D eigenvalue weighted by atomic mass is 10.2. The third-order valence-electron chi connectivity index (χ3n) is 3.25. The monoisotopic (exact) mass is 346 g/mol. The van der Waals surface area contributed by atoms with Crippen LogP contribution in [0.2, 0.25) is 0 Å². The Labute approximate surface area is 143 Å². The molecule has 0 radical (unpaired) electrons. The van der Waals surface area contributed by atoms with Crippen molar-refractivity contribution in [1.82, 2.24) is 14.9 Å². The van der Waals surface area contributed by atoms with Crippen LogP contribution >= 0.6 is 24.8 Å². The number of hydrogen-bond acceptors (Lipinski definition) is 3. The van der Waals surface area contributed by atoms with Gasteiger partial charge < -0.3 is 15.6 Å². The van der Waals surface area contributed by atoms with Crippen molar-refractivity contribution in [2.75, 3.05) is 6.54 Å². The summed E-state index contributed by atoms with van der Waals surface area (Å²) in [5, 5.41) is 2.92. The van der Waals surface area contributed by atoms with Crippen molar-refractivity contribution >= 4 is 41.8 Å². The van der Waals surface area contributed by atoms with E-state index in [2.05, 4.69) is 20.9 Å². The molecule has 0 aliphatic carbocycles. The molecule has 2 aromatic rings. The number of carbonyl (C=O) groups is 1. The average molecular weight is 347 g/mol. The van der Waals surface area contributed by atoms with Gasteiger partial charge in [0.15, 0.2) is 0 Å². The Morgan fingerprint density at radius 2 is 2.09 bits per heavy atom. The molecule has 124 valence electrons. The summed E-state index contributed by atoms with van der Waals surface area (Å²) in [5.41, 5.74) is 7.77. The number of amides is 1. The van der Waals surface area contributed by atoms with Gasteiger partial charge in [0, 0.05) is 25.6 Å². The molecule has 5 nitrogen and oxygen atoms in total. The van der Waals surface area contributed by atoms with Gasteiger partial charge in [-0.1, -0.05) is 12.1 Å². The van der Waals surface area contributed by atoms with Crippen LogP contribution in [0.25, 0.3) is 11.0 Å². The highest BCUT2D eigenvalue weighted by atomic mass is 35.5. The van der Waals surface area contributed by atoms with Gasteiger partial charge >= 0.3 is 0 Å². The Morgan fingerprint density at radius 1 is 1.36 bits per heavy atom. The molecule has 3 N–H and O–H groups in total. The second-order valence-corrected chi connectivity index (χ2v) is 5.15. The zero-order valence-electron chi connectivity index (χ0n) is 12.7. The molecule has 0 saturated carbocycles. The molecule has 0 saturated heterocycles. The van der Waals surface area contributed by atoms with Crippen molar-refractivity contribution in [1.29, 1.82) is 0 Å². The summed E-state index contributed by atoms with van der Waals surface area (Å²) in [7, 11) is 0. The van der Waals surface area contributed by atoms with E-state index in [1.807, 2.05) is 31.5 Å². The lowest BCUT2D eigenvalue weighted by Crippen LogP contribution is -2.27. The van der Waals surface area contributed by atoms with Gasteiger partial charge in [-0.05, 0) is 31.9 Å². The fraction of sp³-hybridized carbons (Fsp3) is 0.467. The molecule has 1 unspecified atom stereocenters. The first kappa shape index (κ1) is 20.7. The van der Waals surface area contributed by atoms with E-state index in [1.165, 1.54) is 0 Å². The van der Waals surface area contributed by atoms with E-state index in [4.69, 9.17) is 5.73 Å². The number of nitrogens with one attached hydrogen (secondary N) is 1. The van der Waals surface area contributed by atoms with Gasteiger partial charge in [-0.15, -0.1) is 24.8 Å². The SMILES string of the molecule is CC(N)CCC(=O)NCCCn1cnc2ccccc21.Cl.Cl. The minimum absolute atomic E-state index is 0. The molecular formula is C15H24Cl2N4O. The highest BCUT2D eigenvalue weighted by Crippen LogP contribution is 2.11. The van der Waals surface area contributed by atoms with Crippen LogP contribution in [0, 0.1) is 0 Å². The fourth-order valence-corrected chi connectivity index (χ4v) is 2.11. The number of para-hydroxylation sites is 2. The number of benzene rings is 1. The zero-order valence-corrected chi connectivity index (χ0v) is 14.3. The maximum atomic E-state index is 11.5. The number of imidazole rings is 1. The third-order valence-corrected chi connectivity index (χ3v) is 3.25. The minimum atomic E-state index is 0. The van der Waals surface area contributed by atoms with Crippen molar-refractivity contribution < 1.29 is 4.79 Å². The van der Waals surface area contributed by atoms with Gasteiger partial charge in [0.2, 0.25) is 5.91 Å². The lowest BCUT2D eigenvalue weighted by molar-refractivity contribution is -0.121.